The van der Waals surface area contributed by atoms with Crippen molar-refractivity contribution in [2.24, 2.45) is 5.92 Å². The molecule has 30 heavy (non-hydrogen) atoms. The lowest BCUT2D eigenvalue weighted by Crippen LogP contribution is -2.39. The maximum absolute atomic E-state index is 12.8. The summed E-state index contributed by atoms with van der Waals surface area (Å²) in [4.78, 5) is 16.1. The van der Waals surface area contributed by atoms with E-state index in [1.807, 2.05) is 28.8 Å². The van der Waals surface area contributed by atoms with Crippen molar-refractivity contribution in [1.29, 1.82) is 0 Å². The summed E-state index contributed by atoms with van der Waals surface area (Å²) in [6.45, 7) is 1.45. The van der Waals surface area contributed by atoms with E-state index in [2.05, 4.69) is 12.1 Å². The molecule has 1 saturated heterocycles. The Morgan fingerprint density at radius 2 is 1.67 bits per heavy atom. The van der Waals surface area contributed by atoms with Crippen molar-refractivity contribution in [3.63, 3.8) is 0 Å². The van der Waals surface area contributed by atoms with E-state index in [4.69, 9.17) is 4.74 Å². The Kier molecular flexibility index (Phi) is 7.44. The van der Waals surface area contributed by atoms with Gasteiger partial charge in [-0.2, -0.15) is 0 Å². The highest BCUT2D eigenvalue weighted by Crippen LogP contribution is 2.28. The molecule has 0 aliphatic carbocycles. The van der Waals surface area contributed by atoms with E-state index in [1.165, 1.54) is 35.4 Å². The molecule has 0 unspecified atom stereocenters. The van der Waals surface area contributed by atoms with Gasteiger partial charge in [0.05, 0.1) is 12.0 Å². The second kappa shape index (κ2) is 9.85. The average Bonchev–Trinajstić information content (AvgIpc) is 2.78. The molecular weight excluding hydrogens is 420 g/mol. The van der Waals surface area contributed by atoms with E-state index in [1.54, 1.807) is 19.2 Å². The molecule has 3 rings (SSSR count). The molecule has 6 nitrogen and oxygen atoms in total. The standard InChI is InChI=1S/C22H28N2O4S2/c1-23(2)30(26,27)21-10-4-18(5-11-21)22(25)24-14-12-17(13-15-24)16-29-20-8-6-19(28-3)7-9-20/h4-11,17H,12-16H2,1-3H3. The van der Waals surface area contributed by atoms with Crippen LogP contribution in [0.15, 0.2) is 58.3 Å². The molecule has 0 radical (unpaired) electrons. The van der Waals surface area contributed by atoms with Crippen LogP contribution >= 0.6 is 11.8 Å². The van der Waals surface area contributed by atoms with Gasteiger partial charge in [-0.25, -0.2) is 12.7 Å². The lowest BCUT2D eigenvalue weighted by atomic mass is 9.98. The molecule has 1 heterocycles. The Bertz CT molecular complexity index is 950. The smallest absolute Gasteiger partial charge is 0.253 e. The normalized spacial score (nSPS) is 15.4. The van der Waals surface area contributed by atoms with Crippen LogP contribution in [0.5, 0.6) is 5.75 Å². The molecule has 1 aliphatic heterocycles. The Labute approximate surface area is 183 Å². The molecule has 1 fully saturated rings. The highest BCUT2D eigenvalue weighted by atomic mass is 32.2. The quantitative estimate of drug-likeness (QED) is 0.606. The maximum Gasteiger partial charge on any atom is 0.253 e. The van der Waals surface area contributed by atoms with E-state index >= 15 is 0 Å². The first-order chi connectivity index (χ1) is 14.3. The Morgan fingerprint density at radius 3 is 2.20 bits per heavy atom. The maximum atomic E-state index is 12.8. The van der Waals surface area contributed by atoms with E-state index in [0.717, 1.165) is 37.4 Å². The summed E-state index contributed by atoms with van der Waals surface area (Å²) >= 11 is 1.84. The van der Waals surface area contributed by atoms with E-state index in [-0.39, 0.29) is 10.8 Å². The predicted octanol–water partition coefficient (Wildman–Crippen LogP) is 3.59. The minimum Gasteiger partial charge on any atom is -0.497 e. The number of carbonyl (C=O) groups is 1. The van der Waals surface area contributed by atoms with Gasteiger partial charge in [0.1, 0.15) is 5.75 Å². The largest absolute Gasteiger partial charge is 0.497 e. The van der Waals surface area contributed by atoms with E-state index < -0.39 is 10.0 Å². The molecule has 2 aromatic rings. The topological polar surface area (TPSA) is 66.9 Å². The zero-order valence-corrected chi connectivity index (χ0v) is 19.2. The van der Waals surface area contributed by atoms with E-state index in [0.29, 0.717) is 11.5 Å². The summed E-state index contributed by atoms with van der Waals surface area (Å²) in [5, 5.41) is 0. The number of methoxy groups -OCH3 is 1. The van der Waals surface area contributed by atoms with E-state index in [9.17, 15) is 13.2 Å². The van der Waals surface area contributed by atoms with Gasteiger partial charge in [-0.05, 0) is 67.3 Å². The SMILES string of the molecule is COc1ccc(SCC2CCN(C(=O)c3ccc(S(=O)(=O)N(C)C)cc3)CC2)cc1. The number of hydrogen-bond acceptors (Lipinski definition) is 5. The molecule has 1 aliphatic rings. The van der Waals surface area contributed by atoms with Crippen LogP contribution in [0.25, 0.3) is 0 Å². The van der Waals surface area contributed by atoms with Crippen molar-refractivity contribution >= 4 is 27.7 Å². The van der Waals surface area contributed by atoms with Gasteiger partial charge in [0, 0.05) is 43.4 Å². The van der Waals surface area contributed by atoms with Gasteiger partial charge in [0.25, 0.3) is 5.91 Å². The first-order valence-corrected chi connectivity index (χ1v) is 12.3. The summed E-state index contributed by atoms with van der Waals surface area (Å²) in [6, 6.07) is 14.3. The Balaban J connectivity index is 1.51. The predicted molar refractivity (Wildman–Crippen MR) is 120 cm³/mol. The zero-order valence-electron chi connectivity index (χ0n) is 17.6. The van der Waals surface area contributed by atoms with Gasteiger partial charge in [-0.3, -0.25) is 4.79 Å². The number of piperidine rings is 1. The van der Waals surface area contributed by atoms with Crippen molar-refractivity contribution < 1.29 is 17.9 Å². The van der Waals surface area contributed by atoms with Crippen LogP contribution in [0.4, 0.5) is 0 Å². The number of rotatable bonds is 7. The van der Waals surface area contributed by atoms with Crippen molar-refractivity contribution in [3.05, 3.63) is 54.1 Å². The van der Waals surface area contributed by atoms with Crippen LogP contribution < -0.4 is 4.74 Å². The van der Waals surface area contributed by atoms with Gasteiger partial charge in [-0.1, -0.05) is 0 Å². The van der Waals surface area contributed by atoms with Gasteiger partial charge < -0.3 is 9.64 Å². The number of nitrogens with zero attached hydrogens (tertiary/aromatic N) is 2. The number of amides is 1. The van der Waals surface area contributed by atoms with Crippen LogP contribution in [0.2, 0.25) is 0 Å². The zero-order chi connectivity index (χ0) is 21.7. The lowest BCUT2D eigenvalue weighted by molar-refractivity contribution is 0.0698. The van der Waals surface area contributed by atoms with Crippen LogP contribution in [-0.4, -0.2) is 63.6 Å². The fourth-order valence-corrected chi connectivity index (χ4v) is 5.34. The van der Waals surface area contributed by atoms with Crippen LogP contribution in [0, 0.1) is 5.92 Å². The highest BCUT2D eigenvalue weighted by Gasteiger charge is 2.24. The Hall–Kier alpha value is -2.03. The average molecular weight is 449 g/mol. The van der Waals surface area contributed by atoms with Crippen molar-refractivity contribution in [1.82, 2.24) is 9.21 Å². The first kappa shape index (κ1) is 22.7. The lowest BCUT2D eigenvalue weighted by Gasteiger charge is -2.32. The molecule has 2 aromatic carbocycles. The number of thioether (sulfide) groups is 1. The molecule has 0 aromatic heterocycles. The fraction of sp³-hybridized carbons (Fsp3) is 0.409. The molecule has 1 amide bonds. The number of ether oxygens (including phenoxy) is 1. The summed E-state index contributed by atoms with van der Waals surface area (Å²) in [5.41, 5.74) is 0.527. The summed E-state index contributed by atoms with van der Waals surface area (Å²) in [5.74, 6) is 2.43. The summed E-state index contributed by atoms with van der Waals surface area (Å²) in [7, 11) is 1.16. The van der Waals surface area contributed by atoms with Crippen molar-refractivity contribution in [2.75, 3.05) is 40.0 Å². The molecule has 0 bridgehead atoms. The summed E-state index contributed by atoms with van der Waals surface area (Å²) in [6.07, 6.45) is 1.95. The highest BCUT2D eigenvalue weighted by molar-refractivity contribution is 7.99. The third-order valence-electron chi connectivity index (χ3n) is 5.33. The van der Waals surface area contributed by atoms with Gasteiger partial charge in [0.15, 0.2) is 0 Å². The third kappa shape index (κ3) is 5.36. The number of carbonyl (C=O) groups excluding carboxylic acids is 1. The Morgan fingerprint density at radius 1 is 1.07 bits per heavy atom. The molecular formula is C22H28N2O4S2. The minimum atomic E-state index is -3.49. The van der Waals surface area contributed by atoms with Crippen LogP contribution in [0.1, 0.15) is 23.2 Å². The number of likely N-dealkylation sites (tertiary alicyclic amines) is 1. The molecule has 0 spiro atoms. The second-order valence-corrected chi connectivity index (χ2v) is 10.8. The van der Waals surface area contributed by atoms with Crippen molar-refractivity contribution in [3.8, 4) is 5.75 Å². The molecule has 0 saturated carbocycles. The van der Waals surface area contributed by atoms with Gasteiger partial charge in [-0.15, -0.1) is 11.8 Å². The molecule has 0 N–H and O–H groups in total. The summed E-state index contributed by atoms with van der Waals surface area (Å²) < 4.78 is 30.7. The monoisotopic (exact) mass is 448 g/mol. The number of hydrogen-bond donors (Lipinski definition) is 0. The number of benzene rings is 2. The van der Waals surface area contributed by atoms with Gasteiger partial charge in [0.2, 0.25) is 10.0 Å². The number of sulfonamides is 1. The van der Waals surface area contributed by atoms with Crippen LogP contribution in [0.3, 0.4) is 0 Å². The van der Waals surface area contributed by atoms with Crippen molar-refractivity contribution in [2.45, 2.75) is 22.6 Å². The molecule has 8 heteroatoms. The fourth-order valence-electron chi connectivity index (χ4n) is 3.35. The first-order valence-electron chi connectivity index (χ1n) is 9.90. The van der Waals surface area contributed by atoms with Crippen LogP contribution in [-0.2, 0) is 10.0 Å². The second-order valence-electron chi connectivity index (χ2n) is 7.53. The molecule has 0 atom stereocenters. The minimum absolute atomic E-state index is 0.0370. The molecule has 162 valence electrons. The van der Waals surface area contributed by atoms with Gasteiger partial charge >= 0.3 is 0 Å². The third-order valence-corrected chi connectivity index (χ3v) is 8.40.